The molecule has 0 radical (unpaired) electrons. The van der Waals surface area contributed by atoms with Gasteiger partial charge in [0.2, 0.25) is 0 Å². The number of nitrogens with zero attached hydrogens (tertiary/aromatic N) is 1. The van der Waals surface area contributed by atoms with Crippen molar-refractivity contribution in [3.63, 3.8) is 0 Å². The van der Waals surface area contributed by atoms with Gasteiger partial charge >= 0.3 is 12.2 Å². The summed E-state index contributed by atoms with van der Waals surface area (Å²) >= 11 is 0. The van der Waals surface area contributed by atoms with Crippen molar-refractivity contribution in [1.29, 1.82) is 0 Å². The van der Waals surface area contributed by atoms with Gasteiger partial charge in [0, 0.05) is 39.8 Å². The van der Waals surface area contributed by atoms with Crippen molar-refractivity contribution < 1.29 is 38.4 Å². The summed E-state index contributed by atoms with van der Waals surface area (Å²) in [6.07, 6.45) is -1.51. The lowest BCUT2D eigenvalue weighted by Gasteiger charge is -2.22. The Morgan fingerprint density at radius 1 is 0.818 bits per heavy atom. The molecule has 11 heteroatoms. The zero-order valence-corrected chi connectivity index (χ0v) is 19.3. The van der Waals surface area contributed by atoms with Gasteiger partial charge in [0.1, 0.15) is 6.61 Å². The van der Waals surface area contributed by atoms with Crippen LogP contribution in [0.1, 0.15) is 5.56 Å². The van der Waals surface area contributed by atoms with E-state index in [4.69, 9.17) is 28.8 Å². The van der Waals surface area contributed by atoms with Crippen LogP contribution in [0.3, 0.4) is 0 Å². The van der Waals surface area contributed by atoms with Crippen molar-refractivity contribution in [2.75, 3.05) is 86.1 Å². The number of amides is 2. The van der Waals surface area contributed by atoms with Gasteiger partial charge in [-0.05, 0) is 5.56 Å². The van der Waals surface area contributed by atoms with E-state index >= 15 is 0 Å². The van der Waals surface area contributed by atoms with Crippen LogP contribution in [0.4, 0.5) is 9.59 Å². The van der Waals surface area contributed by atoms with Gasteiger partial charge in [-0.2, -0.15) is 0 Å². The lowest BCUT2D eigenvalue weighted by Crippen LogP contribution is -2.38. The number of alkyl carbamates (subject to hydrolysis) is 1. The zero-order chi connectivity index (χ0) is 24.0. The fourth-order valence-corrected chi connectivity index (χ4v) is 2.61. The van der Waals surface area contributed by atoms with Gasteiger partial charge in [-0.1, -0.05) is 30.3 Å². The minimum atomic E-state index is -1.06. The maximum Gasteiger partial charge on any atom is 0.407 e. The molecule has 1 rings (SSSR count). The molecule has 0 aliphatic carbocycles. The number of carbonyl (C=O) groups excluding carboxylic acids is 1. The standard InChI is InChI=1S/C22H37N3O8/c1-29-13-10-25(9-7-24-22(28)33-19-20-5-3-2-4-6-20)11-14-31-16-18-32-17-15-30-12-8-23-21(26)27/h2-6,23H,7-19H2,1H3,(H,24,28)(H,26,27). The summed E-state index contributed by atoms with van der Waals surface area (Å²) in [5.74, 6) is 0. The van der Waals surface area contributed by atoms with Crippen molar-refractivity contribution in [3.8, 4) is 0 Å². The molecule has 0 fully saturated rings. The fraction of sp³-hybridized carbons (Fsp3) is 0.636. The van der Waals surface area contributed by atoms with E-state index in [1.165, 1.54) is 0 Å². The Morgan fingerprint density at radius 3 is 2.12 bits per heavy atom. The van der Waals surface area contributed by atoms with Crippen molar-refractivity contribution in [1.82, 2.24) is 15.5 Å². The lowest BCUT2D eigenvalue weighted by atomic mass is 10.2. The van der Waals surface area contributed by atoms with Crippen LogP contribution in [0, 0.1) is 0 Å². The number of carboxylic acid groups (broad SMARTS) is 1. The predicted octanol–water partition coefficient (Wildman–Crippen LogP) is 1.18. The molecule has 188 valence electrons. The van der Waals surface area contributed by atoms with Crippen LogP contribution in [0.25, 0.3) is 0 Å². The Kier molecular flexibility index (Phi) is 17.5. The van der Waals surface area contributed by atoms with Crippen LogP contribution in [-0.2, 0) is 30.3 Å². The van der Waals surface area contributed by atoms with E-state index in [2.05, 4.69) is 15.5 Å². The Morgan fingerprint density at radius 2 is 1.45 bits per heavy atom. The van der Waals surface area contributed by atoms with E-state index < -0.39 is 12.2 Å². The smallest absolute Gasteiger partial charge is 0.407 e. The molecule has 0 saturated carbocycles. The third-order valence-corrected chi connectivity index (χ3v) is 4.34. The highest BCUT2D eigenvalue weighted by Crippen LogP contribution is 2.00. The second kappa shape index (κ2) is 20.2. The summed E-state index contributed by atoms with van der Waals surface area (Å²) in [4.78, 5) is 24.3. The first kappa shape index (κ1) is 28.6. The zero-order valence-electron chi connectivity index (χ0n) is 19.3. The summed E-state index contributed by atoms with van der Waals surface area (Å²) < 4.78 is 26.6. The van der Waals surface area contributed by atoms with Crippen molar-refractivity contribution >= 4 is 12.2 Å². The number of hydrogen-bond donors (Lipinski definition) is 3. The number of rotatable bonds is 20. The molecule has 3 N–H and O–H groups in total. The van der Waals surface area contributed by atoms with Gasteiger partial charge in [0.25, 0.3) is 0 Å². The maximum absolute atomic E-state index is 11.8. The second-order valence-electron chi connectivity index (χ2n) is 6.89. The molecule has 33 heavy (non-hydrogen) atoms. The number of hydrogen-bond acceptors (Lipinski definition) is 8. The highest BCUT2D eigenvalue weighted by molar-refractivity contribution is 5.67. The first-order chi connectivity index (χ1) is 16.1. The first-order valence-corrected chi connectivity index (χ1v) is 11.0. The normalized spacial score (nSPS) is 10.8. The molecule has 2 amide bonds. The van der Waals surface area contributed by atoms with E-state index in [1.54, 1.807) is 7.11 Å². The minimum Gasteiger partial charge on any atom is -0.465 e. The van der Waals surface area contributed by atoms with Crippen LogP contribution < -0.4 is 10.6 Å². The fourth-order valence-electron chi connectivity index (χ4n) is 2.61. The van der Waals surface area contributed by atoms with E-state index in [1.807, 2.05) is 30.3 Å². The monoisotopic (exact) mass is 471 g/mol. The molecule has 0 aliphatic heterocycles. The third kappa shape index (κ3) is 17.8. The topological polar surface area (TPSA) is 128 Å². The van der Waals surface area contributed by atoms with Gasteiger partial charge in [-0.15, -0.1) is 0 Å². The van der Waals surface area contributed by atoms with Gasteiger partial charge < -0.3 is 39.4 Å². The van der Waals surface area contributed by atoms with Crippen LogP contribution >= 0.6 is 0 Å². The summed E-state index contributed by atoms with van der Waals surface area (Å²) in [5, 5.41) is 13.4. The third-order valence-electron chi connectivity index (χ3n) is 4.34. The quantitative estimate of drug-likeness (QED) is 0.240. The predicted molar refractivity (Wildman–Crippen MR) is 121 cm³/mol. The highest BCUT2D eigenvalue weighted by atomic mass is 16.6. The van der Waals surface area contributed by atoms with E-state index in [0.717, 1.165) is 12.1 Å². The van der Waals surface area contributed by atoms with Crippen LogP contribution in [-0.4, -0.2) is 108 Å². The number of nitrogens with one attached hydrogen (secondary N) is 2. The SMILES string of the molecule is COCCN(CCNC(=O)OCc1ccccc1)CCOCCOCCOCCNC(=O)O. The van der Waals surface area contributed by atoms with Gasteiger partial charge in [0.15, 0.2) is 0 Å². The molecule has 0 aliphatic rings. The van der Waals surface area contributed by atoms with E-state index in [9.17, 15) is 9.59 Å². The number of ether oxygens (including phenoxy) is 5. The molecule has 0 heterocycles. The average molecular weight is 472 g/mol. The van der Waals surface area contributed by atoms with E-state index in [-0.39, 0.29) is 13.2 Å². The molecule has 0 spiro atoms. The first-order valence-electron chi connectivity index (χ1n) is 11.0. The molecule has 1 aromatic carbocycles. The van der Waals surface area contributed by atoms with Gasteiger partial charge in [0.05, 0.1) is 46.2 Å². The van der Waals surface area contributed by atoms with Crippen LogP contribution in [0.2, 0.25) is 0 Å². The van der Waals surface area contributed by atoms with Crippen LogP contribution in [0.5, 0.6) is 0 Å². The summed E-state index contributed by atoms with van der Waals surface area (Å²) in [5.41, 5.74) is 0.941. The maximum atomic E-state index is 11.8. The number of methoxy groups -OCH3 is 1. The molecule has 11 nitrogen and oxygen atoms in total. The second-order valence-corrected chi connectivity index (χ2v) is 6.89. The molecule has 1 aromatic rings. The largest absolute Gasteiger partial charge is 0.465 e. The number of benzene rings is 1. The van der Waals surface area contributed by atoms with E-state index in [0.29, 0.717) is 65.9 Å². The van der Waals surface area contributed by atoms with Crippen molar-refractivity contribution in [3.05, 3.63) is 35.9 Å². The molecular formula is C22H37N3O8. The van der Waals surface area contributed by atoms with Gasteiger partial charge in [-0.25, -0.2) is 9.59 Å². The molecule has 0 aromatic heterocycles. The highest BCUT2D eigenvalue weighted by Gasteiger charge is 2.07. The Hall–Kier alpha value is -2.44. The Bertz CT molecular complexity index is 621. The van der Waals surface area contributed by atoms with Crippen molar-refractivity contribution in [2.45, 2.75) is 6.61 Å². The Balaban J connectivity index is 2.02. The summed E-state index contributed by atoms with van der Waals surface area (Å²) in [6.45, 7) is 6.18. The van der Waals surface area contributed by atoms with Gasteiger partial charge in [-0.3, -0.25) is 4.90 Å². The minimum absolute atomic E-state index is 0.240. The molecule has 0 saturated heterocycles. The van der Waals surface area contributed by atoms with Crippen molar-refractivity contribution in [2.24, 2.45) is 0 Å². The number of carbonyl (C=O) groups is 2. The molecule has 0 unspecified atom stereocenters. The molecule has 0 bridgehead atoms. The summed E-state index contributed by atoms with van der Waals surface area (Å²) in [7, 11) is 1.65. The summed E-state index contributed by atoms with van der Waals surface area (Å²) in [6, 6.07) is 9.53. The molecule has 0 atom stereocenters. The van der Waals surface area contributed by atoms with Crippen LogP contribution in [0.15, 0.2) is 30.3 Å². The average Bonchev–Trinajstić information content (AvgIpc) is 2.81. The Labute approximate surface area is 195 Å². The lowest BCUT2D eigenvalue weighted by molar-refractivity contribution is 0.0102. The molecular weight excluding hydrogens is 434 g/mol.